The Balaban J connectivity index is 0.000000450. The van der Waals surface area contributed by atoms with Gasteiger partial charge in [-0.15, -0.1) is 0 Å². The van der Waals surface area contributed by atoms with Gasteiger partial charge in [0.05, 0.1) is 0 Å². The fourth-order valence-electron chi connectivity index (χ4n) is 1.36. The van der Waals surface area contributed by atoms with Gasteiger partial charge in [-0.25, -0.2) is 0 Å². The van der Waals surface area contributed by atoms with Crippen LogP contribution in [-0.4, -0.2) is 5.11 Å². The van der Waals surface area contributed by atoms with Gasteiger partial charge in [0.2, 0.25) is 0 Å². The topological polar surface area (TPSA) is 20.2 Å². The Morgan fingerprint density at radius 3 is 2.06 bits per heavy atom. The summed E-state index contributed by atoms with van der Waals surface area (Å²) < 4.78 is 0. The first-order valence-electron chi connectivity index (χ1n) is 6.38. The number of rotatable bonds is 0. The molecule has 2 aromatic rings. The molecule has 0 amide bonds. The quantitative estimate of drug-likeness (QED) is 0.653. The van der Waals surface area contributed by atoms with Gasteiger partial charge < -0.3 is 5.11 Å². The van der Waals surface area contributed by atoms with E-state index in [0.717, 1.165) is 16.3 Å². The van der Waals surface area contributed by atoms with Crippen molar-refractivity contribution in [3.05, 3.63) is 42.0 Å². The van der Waals surface area contributed by atoms with Crippen LogP contribution >= 0.6 is 0 Å². The lowest BCUT2D eigenvalue weighted by atomic mass is 10.1. The van der Waals surface area contributed by atoms with Gasteiger partial charge in [-0.3, -0.25) is 0 Å². The summed E-state index contributed by atoms with van der Waals surface area (Å²) in [6.45, 7) is 10.2. The lowest BCUT2D eigenvalue weighted by Crippen LogP contribution is -1.77. The number of hydrogen-bond acceptors (Lipinski definition) is 1. The van der Waals surface area contributed by atoms with Gasteiger partial charge in [0.25, 0.3) is 0 Å². The second-order valence-corrected chi connectivity index (χ2v) is 3.66. The van der Waals surface area contributed by atoms with E-state index < -0.39 is 0 Å². The van der Waals surface area contributed by atoms with Crippen LogP contribution in [0.4, 0.5) is 0 Å². The Hall–Kier alpha value is -1.50. The zero-order valence-electron chi connectivity index (χ0n) is 11.6. The molecule has 1 nitrogen and oxygen atoms in total. The molecule has 0 aliphatic rings. The fraction of sp³-hybridized carbons (Fsp3) is 0.375. The average Bonchev–Trinajstić information content (AvgIpc) is 2.38. The highest BCUT2D eigenvalue weighted by atomic mass is 16.3. The van der Waals surface area contributed by atoms with Crippen molar-refractivity contribution in [1.82, 2.24) is 0 Å². The van der Waals surface area contributed by atoms with Crippen molar-refractivity contribution in [3.63, 3.8) is 0 Å². The van der Waals surface area contributed by atoms with Gasteiger partial charge in [-0.05, 0) is 17.9 Å². The number of hydrogen-bond donors (Lipinski definition) is 1. The Morgan fingerprint density at radius 2 is 1.47 bits per heavy atom. The van der Waals surface area contributed by atoms with Gasteiger partial charge in [-0.1, -0.05) is 70.5 Å². The molecule has 0 saturated heterocycles. The van der Waals surface area contributed by atoms with Crippen LogP contribution in [0, 0.1) is 6.92 Å². The molecule has 0 unspecified atom stereocenters. The average molecular weight is 232 g/mol. The Morgan fingerprint density at radius 1 is 0.941 bits per heavy atom. The molecular weight excluding hydrogens is 208 g/mol. The summed E-state index contributed by atoms with van der Waals surface area (Å²) >= 11 is 0. The number of phenolic OH excluding ortho intramolecular Hbond substituents is 1. The van der Waals surface area contributed by atoms with Crippen LogP contribution in [0.15, 0.2) is 36.4 Å². The predicted molar refractivity (Wildman–Crippen MR) is 77.7 cm³/mol. The molecular formula is C16H24O. The minimum Gasteiger partial charge on any atom is -0.507 e. The number of fused-ring (bicyclic) bond motifs is 1. The first kappa shape index (κ1) is 15.5. The standard InChI is InChI=1S/C11H10O.C3H8.C2H6/c1-8-6-7-9-4-2-3-5-10(9)11(8)12;1-3-2;1-2/h2-7,12H,1H3;3H2,1-2H3;1-2H3. The first-order valence-corrected chi connectivity index (χ1v) is 6.38. The number of aryl methyl sites for hydroxylation is 1. The minimum atomic E-state index is 0.396. The highest BCUT2D eigenvalue weighted by Gasteiger charge is 2.00. The molecule has 1 heteroatoms. The number of benzene rings is 2. The number of phenols is 1. The van der Waals surface area contributed by atoms with Crippen LogP contribution in [0.1, 0.15) is 39.7 Å². The van der Waals surface area contributed by atoms with E-state index in [1.807, 2.05) is 57.2 Å². The van der Waals surface area contributed by atoms with Crippen molar-refractivity contribution in [2.75, 3.05) is 0 Å². The SMILES string of the molecule is CC.CCC.Cc1ccc2ccccc2c1O. The van der Waals surface area contributed by atoms with Crippen molar-refractivity contribution in [2.45, 2.75) is 41.0 Å². The van der Waals surface area contributed by atoms with E-state index in [2.05, 4.69) is 13.8 Å². The summed E-state index contributed by atoms with van der Waals surface area (Å²) in [5, 5.41) is 11.7. The first-order chi connectivity index (χ1) is 8.20. The van der Waals surface area contributed by atoms with Crippen molar-refractivity contribution in [1.29, 1.82) is 0 Å². The second-order valence-electron chi connectivity index (χ2n) is 3.66. The Labute approximate surface area is 105 Å². The number of aromatic hydroxyl groups is 1. The molecule has 0 spiro atoms. The van der Waals surface area contributed by atoms with Gasteiger partial charge in [0.15, 0.2) is 0 Å². The van der Waals surface area contributed by atoms with E-state index in [-0.39, 0.29) is 0 Å². The molecule has 1 N–H and O–H groups in total. The molecule has 17 heavy (non-hydrogen) atoms. The summed E-state index contributed by atoms with van der Waals surface area (Å²) in [6, 6.07) is 11.8. The molecule has 0 aromatic heterocycles. The minimum absolute atomic E-state index is 0.396. The van der Waals surface area contributed by atoms with Crippen LogP contribution in [0.2, 0.25) is 0 Å². The molecule has 0 radical (unpaired) electrons. The summed E-state index contributed by atoms with van der Waals surface area (Å²) in [5.74, 6) is 0.396. The molecule has 0 heterocycles. The lowest BCUT2D eigenvalue weighted by molar-refractivity contribution is 0.477. The summed E-state index contributed by atoms with van der Waals surface area (Å²) in [4.78, 5) is 0. The van der Waals surface area contributed by atoms with Crippen LogP contribution in [0.3, 0.4) is 0 Å². The van der Waals surface area contributed by atoms with Gasteiger partial charge in [0, 0.05) is 5.39 Å². The van der Waals surface area contributed by atoms with Gasteiger partial charge in [0.1, 0.15) is 5.75 Å². The molecule has 0 aliphatic carbocycles. The maximum atomic E-state index is 9.66. The molecule has 2 rings (SSSR count). The fourth-order valence-corrected chi connectivity index (χ4v) is 1.36. The summed E-state index contributed by atoms with van der Waals surface area (Å²) in [7, 11) is 0. The van der Waals surface area contributed by atoms with E-state index in [1.165, 1.54) is 6.42 Å². The maximum Gasteiger partial charge on any atom is 0.126 e. The third-order valence-electron chi connectivity index (χ3n) is 2.10. The highest BCUT2D eigenvalue weighted by Crippen LogP contribution is 2.27. The van der Waals surface area contributed by atoms with Gasteiger partial charge in [-0.2, -0.15) is 0 Å². The van der Waals surface area contributed by atoms with E-state index in [4.69, 9.17) is 0 Å². The molecule has 94 valence electrons. The molecule has 0 atom stereocenters. The molecule has 2 aromatic carbocycles. The van der Waals surface area contributed by atoms with Crippen LogP contribution in [-0.2, 0) is 0 Å². The molecule has 0 fully saturated rings. The molecule has 0 aliphatic heterocycles. The zero-order chi connectivity index (χ0) is 13.3. The molecule has 0 bridgehead atoms. The third kappa shape index (κ3) is 4.48. The molecule has 0 saturated carbocycles. The third-order valence-corrected chi connectivity index (χ3v) is 2.10. The van der Waals surface area contributed by atoms with Crippen molar-refractivity contribution < 1.29 is 5.11 Å². The van der Waals surface area contributed by atoms with E-state index >= 15 is 0 Å². The normalized spacial score (nSPS) is 8.76. The second kappa shape index (κ2) is 8.63. The smallest absolute Gasteiger partial charge is 0.126 e. The summed E-state index contributed by atoms with van der Waals surface area (Å²) in [6.07, 6.45) is 1.25. The predicted octanol–water partition coefficient (Wildman–Crippen LogP) is 5.30. The van der Waals surface area contributed by atoms with Crippen LogP contribution in [0.5, 0.6) is 5.75 Å². The van der Waals surface area contributed by atoms with E-state index in [9.17, 15) is 5.11 Å². The van der Waals surface area contributed by atoms with E-state index in [0.29, 0.717) is 5.75 Å². The lowest BCUT2D eigenvalue weighted by Gasteiger charge is -2.02. The summed E-state index contributed by atoms with van der Waals surface area (Å²) in [5.41, 5.74) is 0.925. The van der Waals surface area contributed by atoms with Crippen molar-refractivity contribution in [3.8, 4) is 5.75 Å². The zero-order valence-corrected chi connectivity index (χ0v) is 11.6. The van der Waals surface area contributed by atoms with Crippen molar-refractivity contribution in [2.24, 2.45) is 0 Å². The van der Waals surface area contributed by atoms with E-state index in [1.54, 1.807) is 0 Å². The van der Waals surface area contributed by atoms with Gasteiger partial charge >= 0.3 is 0 Å². The largest absolute Gasteiger partial charge is 0.507 e. The Kier molecular flexibility index (Phi) is 7.87. The maximum absolute atomic E-state index is 9.66. The van der Waals surface area contributed by atoms with Crippen molar-refractivity contribution >= 4 is 10.8 Å². The van der Waals surface area contributed by atoms with Crippen LogP contribution in [0.25, 0.3) is 10.8 Å². The Bertz CT molecular complexity index is 432. The monoisotopic (exact) mass is 232 g/mol. The van der Waals surface area contributed by atoms with Crippen LogP contribution < -0.4 is 0 Å². The highest BCUT2D eigenvalue weighted by molar-refractivity contribution is 5.89.